The summed E-state index contributed by atoms with van der Waals surface area (Å²) >= 11 is 0. The van der Waals surface area contributed by atoms with Crippen molar-refractivity contribution >= 4 is 18.4 Å². The van der Waals surface area contributed by atoms with Crippen molar-refractivity contribution in [2.75, 3.05) is 0 Å². The summed E-state index contributed by atoms with van der Waals surface area (Å²) in [5, 5.41) is 8.52. The van der Waals surface area contributed by atoms with Crippen LogP contribution in [0.3, 0.4) is 0 Å². The van der Waals surface area contributed by atoms with E-state index in [1.807, 2.05) is 0 Å². The lowest BCUT2D eigenvalue weighted by Crippen LogP contribution is -2.07. The predicted molar refractivity (Wildman–Crippen MR) is 53.2 cm³/mol. The highest BCUT2D eigenvalue weighted by Crippen LogP contribution is 2.14. The Hall–Kier alpha value is -1.13. The highest BCUT2D eigenvalue weighted by Gasteiger charge is 2.11. The van der Waals surface area contributed by atoms with Crippen molar-refractivity contribution in [2.24, 2.45) is 5.73 Å². The molecule has 0 aliphatic rings. The number of halogens is 2. The van der Waals surface area contributed by atoms with Crippen LogP contribution in [0.15, 0.2) is 18.2 Å². The molecule has 1 atom stereocenters. The lowest BCUT2D eigenvalue weighted by molar-refractivity contribution is 0.0692. The van der Waals surface area contributed by atoms with Gasteiger partial charge >= 0.3 is 5.97 Å². The molecule has 0 amide bonds. The second kappa shape index (κ2) is 4.93. The number of rotatable bonds is 2. The third-order valence-electron chi connectivity index (χ3n) is 1.75. The minimum absolute atomic E-state index is 0. The fourth-order valence-corrected chi connectivity index (χ4v) is 0.988. The molecular formula is C9H11ClFNO2. The first-order chi connectivity index (χ1) is 6.02. The van der Waals surface area contributed by atoms with E-state index in [0.29, 0.717) is 5.56 Å². The maximum atomic E-state index is 13.0. The monoisotopic (exact) mass is 219 g/mol. The normalized spacial score (nSPS) is 11.6. The fourth-order valence-electron chi connectivity index (χ4n) is 0.988. The van der Waals surface area contributed by atoms with Crippen molar-refractivity contribution in [3.05, 3.63) is 35.1 Å². The number of carbonyl (C=O) groups is 1. The van der Waals surface area contributed by atoms with Crippen LogP contribution in [0.1, 0.15) is 28.9 Å². The van der Waals surface area contributed by atoms with E-state index in [-0.39, 0.29) is 24.0 Å². The molecule has 0 heterocycles. The first-order valence-electron chi connectivity index (χ1n) is 3.80. The van der Waals surface area contributed by atoms with E-state index in [1.165, 1.54) is 12.1 Å². The van der Waals surface area contributed by atoms with E-state index < -0.39 is 11.8 Å². The van der Waals surface area contributed by atoms with E-state index in [0.717, 1.165) is 6.07 Å². The standard InChI is InChI=1S/C9H10FNO2.ClH/c1-5(11)6-2-3-7(9(12)13)8(10)4-6;/h2-5H,11H2,1H3,(H,12,13);1H. The molecule has 0 aliphatic carbocycles. The Kier molecular flexibility index (Phi) is 4.53. The second-order valence-electron chi connectivity index (χ2n) is 2.83. The molecule has 5 heteroatoms. The summed E-state index contributed by atoms with van der Waals surface area (Å²) in [6.07, 6.45) is 0. The van der Waals surface area contributed by atoms with Crippen molar-refractivity contribution in [1.82, 2.24) is 0 Å². The van der Waals surface area contributed by atoms with Gasteiger partial charge in [-0.1, -0.05) is 6.07 Å². The zero-order valence-corrected chi connectivity index (χ0v) is 8.34. The minimum Gasteiger partial charge on any atom is -0.478 e. The van der Waals surface area contributed by atoms with Gasteiger partial charge in [0.05, 0.1) is 5.56 Å². The van der Waals surface area contributed by atoms with Crippen LogP contribution >= 0.6 is 12.4 Å². The number of carboxylic acids is 1. The van der Waals surface area contributed by atoms with Gasteiger partial charge in [-0.15, -0.1) is 12.4 Å². The van der Waals surface area contributed by atoms with Gasteiger partial charge in [-0.2, -0.15) is 0 Å². The summed E-state index contributed by atoms with van der Waals surface area (Å²) in [5.74, 6) is -2.02. The first-order valence-corrected chi connectivity index (χ1v) is 3.80. The number of benzene rings is 1. The van der Waals surface area contributed by atoms with Crippen LogP contribution in [0.25, 0.3) is 0 Å². The van der Waals surface area contributed by atoms with Crippen LogP contribution in [-0.2, 0) is 0 Å². The van der Waals surface area contributed by atoms with E-state index in [9.17, 15) is 9.18 Å². The van der Waals surface area contributed by atoms with E-state index in [1.54, 1.807) is 6.92 Å². The Morgan fingerprint density at radius 1 is 1.57 bits per heavy atom. The van der Waals surface area contributed by atoms with Crippen LogP contribution in [0.4, 0.5) is 4.39 Å². The third-order valence-corrected chi connectivity index (χ3v) is 1.75. The van der Waals surface area contributed by atoms with E-state index >= 15 is 0 Å². The van der Waals surface area contributed by atoms with Crippen molar-refractivity contribution in [3.8, 4) is 0 Å². The topological polar surface area (TPSA) is 63.3 Å². The number of hydrogen-bond acceptors (Lipinski definition) is 2. The van der Waals surface area contributed by atoms with Gasteiger partial charge in [0.2, 0.25) is 0 Å². The third kappa shape index (κ3) is 2.68. The zero-order chi connectivity index (χ0) is 10.0. The van der Waals surface area contributed by atoms with Gasteiger partial charge < -0.3 is 10.8 Å². The van der Waals surface area contributed by atoms with Gasteiger partial charge in [-0.3, -0.25) is 0 Å². The molecule has 1 rings (SSSR count). The molecule has 0 radical (unpaired) electrons. The molecule has 1 aromatic carbocycles. The van der Waals surface area contributed by atoms with Gasteiger partial charge in [0.25, 0.3) is 0 Å². The fraction of sp³-hybridized carbons (Fsp3) is 0.222. The molecule has 3 N–H and O–H groups in total. The minimum atomic E-state index is -1.27. The molecule has 0 fully saturated rings. The van der Waals surface area contributed by atoms with Gasteiger partial charge in [0.15, 0.2) is 0 Å². The summed E-state index contributed by atoms with van der Waals surface area (Å²) in [4.78, 5) is 10.4. The first kappa shape index (κ1) is 12.9. The Morgan fingerprint density at radius 2 is 2.14 bits per heavy atom. The van der Waals surface area contributed by atoms with Crippen LogP contribution < -0.4 is 5.73 Å². The second-order valence-corrected chi connectivity index (χ2v) is 2.83. The highest BCUT2D eigenvalue weighted by atomic mass is 35.5. The summed E-state index contributed by atoms with van der Waals surface area (Å²) in [7, 11) is 0. The van der Waals surface area contributed by atoms with Gasteiger partial charge in [-0.05, 0) is 24.6 Å². The Balaban J connectivity index is 0.00000169. The Labute approximate surface area is 87.1 Å². The maximum Gasteiger partial charge on any atom is 0.338 e. The lowest BCUT2D eigenvalue weighted by atomic mass is 10.1. The van der Waals surface area contributed by atoms with E-state index in [2.05, 4.69) is 0 Å². The average molecular weight is 220 g/mol. The summed E-state index contributed by atoms with van der Waals surface area (Å²) in [6.45, 7) is 1.70. The number of carboxylic acid groups (broad SMARTS) is 1. The average Bonchev–Trinajstić information content (AvgIpc) is 2.03. The van der Waals surface area contributed by atoms with Crippen LogP contribution in [-0.4, -0.2) is 11.1 Å². The van der Waals surface area contributed by atoms with Crippen LogP contribution in [0.2, 0.25) is 0 Å². The molecule has 1 aromatic rings. The quantitative estimate of drug-likeness (QED) is 0.799. The van der Waals surface area contributed by atoms with Crippen molar-refractivity contribution in [1.29, 1.82) is 0 Å². The maximum absolute atomic E-state index is 13.0. The van der Waals surface area contributed by atoms with Crippen LogP contribution in [0.5, 0.6) is 0 Å². The van der Waals surface area contributed by atoms with Gasteiger partial charge in [0, 0.05) is 6.04 Å². The molecule has 0 bridgehead atoms. The predicted octanol–water partition coefficient (Wildman–Crippen LogP) is 1.97. The van der Waals surface area contributed by atoms with Crippen LogP contribution in [0, 0.1) is 5.82 Å². The lowest BCUT2D eigenvalue weighted by Gasteiger charge is -2.06. The van der Waals surface area contributed by atoms with Gasteiger partial charge in [0.1, 0.15) is 5.82 Å². The Morgan fingerprint density at radius 3 is 2.50 bits per heavy atom. The number of nitrogens with two attached hydrogens (primary N) is 1. The number of aromatic carboxylic acids is 1. The summed E-state index contributed by atoms with van der Waals surface area (Å²) in [5.41, 5.74) is 5.75. The molecule has 0 spiro atoms. The molecule has 0 saturated heterocycles. The van der Waals surface area contributed by atoms with E-state index in [4.69, 9.17) is 10.8 Å². The molecular weight excluding hydrogens is 209 g/mol. The Bertz CT molecular complexity index is 342. The molecule has 0 aromatic heterocycles. The highest BCUT2D eigenvalue weighted by molar-refractivity contribution is 5.87. The molecule has 78 valence electrons. The summed E-state index contributed by atoms with van der Waals surface area (Å²) in [6, 6.07) is 3.58. The largest absolute Gasteiger partial charge is 0.478 e. The SMILES string of the molecule is CC(N)c1ccc(C(=O)O)c(F)c1.Cl. The van der Waals surface area contributed by atoms with Crippen molar-refractivity contribution in [3.63, 3.8) is 0 Å². The molecule has 3 nitrogen and oxygen atoms in total. The zero-order valence-electron chi connectivity index (χ0n) is 7.53. The molecule has 1 unspecified atom stereocenters. The molecule has 0 aliphatic heterocycles. The van der Waals surface area contributed by atoms with Gasteiger partial charge in [-0.25, -0.2) is 9.18 Å². The van der Waals surface area contributed by atoms with Crippen molar-refractivity contribution in [2.45, 2.75) is 13.0 Å². The smallest absolute Gasteiger partial charge is 0.338 e. The molecule has 0 saturated carbocycles. The number of hydrogen-bond donors (Lipinski definition) is 2. The molecule has 14 heavy (non-hydrogen) atoms. The van der Waals surface area contributed by atoms with Crippen molar-refractivity contribution < 1.29 is 14.3 Å². The summed E-state index contributed by atoms with van der Waals surface area (Å²) < 4.78 is 13.0.